The number of halogens is 2. The van der Waals surface area contributed by atoms with Crippen LogP contribution >= 0.6 is 23.4 Å². The van der Waals surface area contributed by atoms with E-state index in [1.165, 1.54) is 23.9 Å². The monoisotopic (exact) mass is 493 g/mol. The molecule has 0 radical (unpaired) electrons. The molecule has 0 saturated carbocycles. The van der Waals surface area contributed by atoms with Gasteiger partial charge in [0.25, 0.3) is 5.91 Å². The molecule has 2 heterocycles. The third kappa shape index (κ3) is 4.62. The Kier molecular flexibility index (Phi) is 6.22. The number of ether oxygens (including phenoxy) is 1. The van der Waals surface area contributed by atoms with Crippen LogP contribution in [-0.4, -0.2) is 23.1 Å². The highest BCUT2D eigenvalue weighted by Crippen LogP contribution is 2.35. The van der Waals surface area contributed by atoms with E-state index in [9.17, 15) is 9.18 Å². The number of amides is 1. The highest BCUT2D eigenvalue weighted by atomic mass is 35.5. The van der Waals surface area contributed by atoms with Gasteiger partial charge < -0.3 is 19.9 Å². The predicted octanol–water partition coefficient (Wildman–Crippen LogP) is 6.09. The van der Waals surface area contributed by atoms with E-state index in [0.29, 0.717) is 27.9 Å². The zero-order chi connectivity index (χ0) is 23.7. The van der Waals surface area contributed by atoms with Crippen LogP contribution in [0.1, 0.15) is 11.1 Å². The van der Waals surface area contributed by atoms with E-state index < -0.39 is 0 Å². The van der Waals surface area contributed by atoms with Gasteiger partial charge in [0.05, 0.1) is 17.7 Å². The van der Waals surface area contributed by atoms with Crippen LogP contribution in [0.3, 0.4) is 0 Å². The molecule has 4 aromatic rings. The van der Waals surface area contributed by atoms with Gasteiger partial charge in [0.2, 0.25) is 0 Å². The molecule has 1 aliphatic rings. The van der Waals surface area contributed by atoms with Crippen LogP contribution < -0.4 is 15.4 Å². The van der Waals surface area contributed by atoms with Crippen molar-refractivity contribution in [3.8, 4) is 5.75 Å². The lowest BCUT2D eigenvalue weighted by Gasteiger charge is -2.15. The van der Waals surface area contributed by atoms with Gasteiger partial charge in [-0.2, -0.15) is 0 Å². The number of thioether (sulfide) groups is 1. The lowest BCUT2D eigenvalue weighted by molar-refractivity contribution is -0.116. The van der Waals surface area contributed by atoms with Gasteiger partial charge in [-0.1, -0.05) is 53.7 Å². The van der Waals surface area contributed by atoms with Crippen molar-refractivity contribution in [2.45, 2.75) is 12.0 Å². The first kappa shape index (κ1) is 22.4. The minimum absolute atomic E-state index is 0.154. The quantitative estimate of drug-likeness (QED) is 0.319. The molecule has 1 aliphatic heterocycles. The smallest absolute Gasteiger partial charge is 0.260 e. The van der Waals surface area contributed by atoms with Gasteiger partial charge in [0.15, 0.2) is 5.50 Å². The van der Waals surface area contributed by atoms with E-state index >= 15 is 0 Å². The molecule has 5 rings (SSSR count). The molecule has 5 nitrogen and oxygen atoms in total. The molecule has 1 fully saturated rings. The number of hydrogen-bond acceptors (Lipinski definition) is 4. The fourth-order valence-corrected chi connectivity index (χ4v) is 5.09. The maximum atomic E-state index is 13.3. The van der Waals surface area contributed by atoms with Crippen LogP contribution in [0, 0.1) is 5.82 Å². The van der Waals surface area contributed by atoms with E-state index in [0.717, 1.165) is 22.0 Å². The van der Waals surface area contributed by atoms with E-state index in [2.05, 4.69) is 15.2 Å². The molecule has 2 N–H and O–H groups in total. The molecule has 0 spiro atoms. The zero-order valence-corrected chi connectivity index (χ0v) is 19.8. The Balaban J connectivity index is 1.41. The Hall–Kier alpha value is -3.42. The summed E-state index contributed by atoms with van der Waals surface area (Å²) in [6.45, 7) is 0.599. The summed E-state index contributed by atoms with van der Waals surface area (Å²) in [5.74, 6) is 0.230. The predicted molar refractivity (Wildman–Crippen MR) is 137 cm³/mol. The minimum Gasteiger partial charge on any atom is -0.495 e. The van der Waals surface area contributed by atoms with Gasteiger partial charge in [-0.15, -0.1) is 0 Å². The molecule has 1 saturated heterocycles. The second-order valence-electron chi connectivity index (χ2n) is 7.82. The highest BCUT2D eigenvalue weighted by molar-refractivity contribution is 8.05. The number of hydrogen-bond donors (Lipinski definition) is 2. The lowest BCUT2D eigenvalue weighted by Crippen LogP contribution is -2.31. The Morgan fingerprint density at radius 2 is 1.97 bits per heavy atom. The van der Waals surface area contributed by atoms with Crippen LogP contribution in [-0.2, 0) is 11.3 Å². The molecular formula is C26H21ClFN3O2S. The number of carbonyl (C=O) groups excluding carboxylic acids is 1. The molecule has 34 heavy (non-hydrogen) atoms. The van der Waals surface area contributed by atoms with Crippen molar-refractivity contribution < 1.29 is 13.9 Å². The second-order valence-corrected chi connectivity index (χ2v) is 9.41. The standard InChI is InChI=1S/C26H21ClFN3O2S/c1-33-23-11-8-18(27)13-21(23)29-26-30-25(32)24(34-26)12-17-15-31(22-5-3-2-4-20(17)22)14-16-6-9-19(28)10-7-16/h2-13,15,26,29H,14H2,1H3,(H,30,32)/b24-12-. The maximum absolute atomic E-state index is 13.3. The third-order valence-corrected chi connectivity index (χ3v) is 6.81. The number of methoxy groups -OCH3 is 1. The van der Waals surface area contributed by atoms with E-state index in [1.807, 2.05) is 36.5 Å². The van der Waals surface area contributed by atoms with E-state index in [-0.39, 0.29) is 17.2 Å². The summed E-state index contributed by atoms with van der Waals surface area (Å²) in [4.78, 5) is 13.3. The highest BCUT2D eigenvalue weighted by Gasteiger charge is 2.28. The summed E-state index contributed by atoms with van der Waals surface area (Å²) >= 11 is 7.52. The summed E-state index contributed by atoms with van der Waals surface area (Å²) < 4.78 is 20.8. The van der Waals surface area contributed by atoms with Crippen molar-refractivity contribution in [1.82, 2.24) is 9.88 Å². The largest absolute Gasteiger partial charge is 0.495 e. The van der Waals surface area contributed by atoms with Crippen molar-refractivity contribution >= 4 is 51.9 Å². The Labute approximate surface area is 205 Å². The number of nitrogens with one attached hydrogen (secondary N) is 2. The van der Waals surface area contributed by atoms with Gasteiger partial charge in [-0.25, -0.2) is 4.39 Å². The Morgan fingerprint density at radius 1 is 1.18 bits per heavy atom. The molecule has 0 aliphatic carbocycles. The topological polar surface area (TPSA) is 55.3 Å². The van der Waals surface area contributed by atoms with Crippen molar-refractivity contribution in [3.63, 3.8) is 0 Å². The molecule has 8 heteroatoms. The average molecular weight is 494 g/mol. The molecule has 1 unspecified atom stereocenters. The molecule has 1 amide bonds. The minimum atomic E-state index is -0.362. The van der Waals surface area contributed by atoms with Gasteiger partial charge >= 0.3 is 0 Å². The third-order valence-electron chi connectivity index (χ3n) is 5.55. The van der Waals surface area contributed by atoms with Gasteiger partial charge in [-0.3, -0.25) is 4.79 Å². The zero-order valence-electron chi connectivity index (χ0n) is 18.2. The van der Waals surface area contributed by atoms with Crippen LogP contribution in [0.15, 0.2) is 77.8 Å². The number of fused-ring (bicyclic) bond motifs is 1. The summed E-state index contributed by atoms with van der Waals surface area (Å²) in [7, 11) is 1.59. The molecule has 1 aromatic heterocycles. The van der Waals surface area contributed by atoms with Crippen LogP contribution in [0.25, 0.3) is 17.0 Å². The normalized spacial score (nSPS) is 16.7. The van der Waals surface area contributed by atoms with Crippen LogP contribution in [0.5, 0.6) is 5.75 Å². The number of rotatable bonds is 6. The fraction of sp³-hybridized carbons (Fsp3) is 0.115. The summed E-state index contributed by atoms with van der Waals surface area (Å²) in [6, 6.07) is 19.8. The summed E-state index contributed by atoms with van der Waals surface area (Å²) in [6.07, 6.45) is 3.93. The summed E-state index contributed by atoms with van der Waals surface area (Å²) in [5, 5.41) is 7.83. The molecule has 1 atom stereocenters. The fourth-order valence-electron chi connectivity index (χ4n) is 3.95. The Bertz CT molecular complexity index is 1400. The Morgan fingerprint density at radius 3 is 2.76 bits per heavy atom. The SMILES string of the molecule is COc1ccc(Cl)cc1NC1NC(=O)/C(=C/c2cn(Cc3ccc(F)cc3)c3ccccc23)S1. The van der Waals surface area contributed by atoms with Crippen molar-refractivity contribution in [2.24, 2.45) is 0 Å². The van der Waals surface area contributed by atoms with Gasteiger partial charge in [-0.05, 0) is 48.0 Å². The molecule has 0 bridgehead atoms. The first-order valence-electron chi connectivity index (χ1n) is 10.6. The first-order valence-corrected chi connectivity index (χ1v) is 11.9. The molecular weight excluding hydrogens is 473 g/mol. The number of carbonyl (C=O) groups is 1. The number of benzene rings is 3. The number of nitrogens with zero attached hydrogens (tertiary/aromatic N) is 1. The molecule has 3 aromatic carbocycles. The van der Waals surface area contributed by atoms with E-state index in [1.54, 1.807) is 37.4 Å². The van der Waals surface area contributed by atoms with Gasteiger partial charge in [0.1, 0.15) is 11.6 Å². The second kappa shape index (κ2) is 9.44. The molecule has 172 valence electrons. The van der Waals surface area contributed by atoms with Crippen molar-refractivity contribution in [3.05, 3.63) is 99.8 Å². The number of para-hydroxylation sites is 1. The summed E-state index contributed by atoms with van der Waals surface area (Å²) in [5.41, 5.74) is 3.31. The average Bonchev–Trinajstić information content (AvgIpc) is 3.35. The van der Waals surface area contributed by atoms with Crippen LogP contribution in [0.4, 0.5) is 10.1 Å². The maximum Gasteiger partial charge on any atom is 0.260 e. The number of aromatic nitrogens is 1. The van der Waals surface area contributed by atoms with Crippen molar-refractivity contribution in [1.29, 1.82) is 0 Å². The first-order chi connectivity index (χ1) is 16.5. The van der Waals surface area contributed by atoms with E-state index in [4.69, 9.17) is 16.3 Å². The number of anilines is 1. The van der Waals surface area contributed by atoms with Crippen molar-refractivity contribution in [2.75, 3.05) is 12.4 Å². The lowest BCUT2D eigenvalue weighted by atomic mass is 10.1. The van der Waals surface area contributed by atoms with Gasteiger partial charge in [0, 0.05) is 34.2 Å². The van der Waals surface area contributed by atoms with Crippen LogP contribution in [0.2, 0.25) is 5.02 Å².